The standard InChI is InChI=1S/C20H28N4S/c1-20(2,3)17-14-25-18(23-17)12-22-19(21-4)24-11-10-16(13-24)15-8-6-5-7-9-15/h5-9,14,16H,10-13H2,1-4H3,(H,21,22). The Morgan fingerprint density at radius 2 is 2.08 bits per heavy atom. The molecule has 1 aliphatic rings. The van der Waals surface area contributed by atoms with Gasteiger partial charge in [-0.05, 0) is 12.0 Å². The van der Waals surface area contributed by atoms with Crippen molar-refractivity contribution in [1.82, 2.24) is 15.2 Å². The lowest BCUT2D eigenvalue weighted by Gasteiger charge is -2.21. The minimum absolute atomic E-state index is 0.105. The van der Waals surface area contributed by atoms with Crippen LogP contribution in [0, 0.1) is 0 Å². The topological polar surface area (TPSA) is 40.5 Å². The van der Waals surface area contributed by atoms with Crippen LogP contribution in [0.3, 0.4) is 0 Å². The molecular formula is C20H28N4S. The first kappa shape index (κ1) is 17.9. The molecule has 1 saturated heterocycles. The van der Waals surface area contributed by atoms with Gasteiger partial charge in [0.05, 0.1) is 12.2 Å². The molecule has 1 aromatic heterocycles. The third kappa shape index (κ3) is 4.40. The van der Waals surface area contributed by atoms with Crippen molar-refractivity contribution in [3.63, 3.8) is 0 Å². The van der Waals surface area contributed by atoms with Crippen molar-refractivity contribution in [3.05, 3.63) is 52.0 Å². The molecule has 0 amide bonds. The van der Waals surface area contributed by atoms with Crippen LogP contribution in [0.4, 0.5) is 0 Å². The first-order valence-electron chi connectivity index (χ1n) is 8.93. The molecule has 1 aromatic carbocycles. The van der Waals surface area contributed by atoms with Crippen molar-refractivity contribution >= 4 is 17.3 Å². The van der Waals surface area contributed by atoms with Gasteiger partial charge in [0.2, 0.25) is 0 Å². The minimum atomic E-state index is 0.105. The van der Waals surface area contributed by atoms with E-state index in [4.69, 9.17) is 4.98 Å². The molecule has 134 valence electrons. The van der Waals surface area contributed by atoms with Crippen molar-refractivity contribution in [2.75, 3.05) is 20.1 Å². The second kappa shape index (κ2) is 7.56. The molecule has 1 N–H and O–H groups in total. The molecule has 0 aliphatic carbocycles. The Labute approximate surface area is 155 Å². The van der Waals surface area contributed by atoms with Gasteiger partial charge in [-0.2, -0.15) is 0 Å². The van der Waals surface area contributed by atoms with Crippen LogP contribution in [0.25, 0.3) is 0 Å². The first-order chi connectivity index (χ1) is 12.0. The number of guanidine groups is 1. The molecule has 1 unspecified atom stereocenters. The molecule has 0 bridgehead atoms. The van der Waals surface area contributed by atoms with Gasteiger partial charge in [-0.3, -0.25) is 4.99 Å². The molecule has 1 aliphatic heterocycles. The van der Waals surface area contributed by atoms with Crippen molar-refractivity contribution < 1.29 is 0 Å². The number of likely N-dealkylation sites (tertiary alicyclic amines) is 1. The Morgan fingerprint density at radius 1 is 1.32 bits per heavy atom. The Kier molecular flexibility index (Phi) is 5.42. The fourth-order valence-electron chi connectivity index (χ4n) is 3.17. The van der Waals surface area contributed by atoms with Crippen LogP contribution in [0.5, 0.6) is 0 Å². The summed E-state index contributed by atoms with van der Waals surface area (Å²) in [7, 11) is 1.86. The molecule has 5 heteroatoms. The zero-order valence-corrected chi connectivity index (χ0v) is 16.4. The Morgan fingerprint density at radius 3 is 2.72 bits per heavy atom. The SMILES string of the molecule is CN=C(NCc1nc(C(C)(C)C)cs1)N1CCC(c2ccccc2)C1. The maximum absolute atomic E-state index is 4.76. The van der Waals surface area contributed by atoms with Crippen LogP contribution in [-0.4, -0.2) is 36.0 Å². The van der Waals surface area contributed by atoms with Crippen LogP contribution < -0.4 is 5.32 Å². The number of benzene rings is 1. The zero-order valence-electron chi connectivity index (χ0n) is 15.6. The lowest BCUT2D eigenvalue weighted by Crippen LogP contribution is -2.39. The highest BCUT2D eigenvalue weighted by molar-refractivity contribution is 7.09. The molecule has 4 nitrogen and oxygen atoms in total. The van der Waals surface area contributed by atoms with Gasteiger partial charge in [-0.1, -0.05) is 51.1 Å². The van der Waals surface area contributed by atoms with Gasteiger partial charge in [-0.25, -0.2) is 4.98 Å². The van der Waals surface area contributed by atoms with Gasteiger partial charge in [0.25, 0.3) is 0 Å². The second-order valence-corrected chi connectivity index (χ2v) is 8.56. The van der Waals surface area contributed by atoms with E-state index in [1.807, 2.05) is 7.05 Å². The van der Waals surface area contributed by atoms with Crippen LogP contribution in [0.1, 0.15) is 49.4 Å². The normalized spacial score (nSPS) is 18.6. The second-order valence-electron chi connectivity index (χ2n) is 7.62. The van der Waals surface area contributed by atoms with Gasteiger partial charge in [0, 0.05) is 36.9 Å². The highest BCUT2D eigenvalue weighted by Gasteiger charge is 2.26. The predicted octanol–water partition coefficient (Wildman–Crippen LogP) is 4.01. The van der Waals surface area contributed by atoms with E-state index in [1.54, 1.807) is 11.3 Å². The van der Waals surface area contributed by atoms with Crippen molar-refractivity contribution in [3.8, 4) is 0 Å². The fourth-order valence-corrected chi connectivity index (χ4v) is 4.13. The highest BCUT2D eigenvalue weighted by Crippen LogP contribution is 2.27. The van der Waals surface area contributed by atoms with Crippen LogP contribution in [0.2, 0.25) is 0 Å². The Balaban J connectivity index is 1.58. The molecule has 0 spiro atoms. The summed E-state index contributed by atoms with van der Waals surface area (Å²) in [5.74, 6) is 1.57. The summed E-state index contributed by atoms with van der Waals surface area (Å²) in [5, 5.41) is 6.77. The average molecular weight is 357 g/mol. The lowest BCUT2D eigenvalue weighted by atomic mass is 9.93. The van der Waals surface area contributed by atoms with Crippen molar-refractivity contribution in [2.24, 2.45) is 4.99 Å². The molecule has 0 saturated carbocycles. The molecular weight excluding hydrogens is 328 g/mol. The molecule has 1 fully saturated rings. The summed E-state index contributed by atoms with van der Waals surface area (Å²) in [6.45, 7) is 9.41. The Bertz CT molecular complexity index is 715. The van der Waals surface area contributed by atoms with Gasteiger partial charge in [-0.15, -0.1) is 11.3 Å². The van der Waals surface area contributed by atoms with Gasteiger partial charge >= 0.3 is 0 Å². The van der Waals surface area contributed by atoms with E-state index >= 15 is 0 Å². The van der Waals surface area contributed by atoms with E-state index in [0.717, 1.165) is 36.3 Å². The molecule has 3 rings (SSSR count). The zero-order chi connectivity index (χ0) is 17.9. The summed E-state index contributed by atoms with van der Waals surface area (Å²) < 4.78 is 0. The first-order valence-corrected chi connectivity index (χ1v) is 9.81. The highest BCUT2D eigenvalue weighted by atomic mass is 32.1. The molecule has 25 heavy (non-hydrogen) atoms. The average Bonchev–Trinajstić information content (AvgIpc) is 3.25. The van der Waals surface area contributed by atoms with Crippen molar-refractivity contribution in [2.45, 2.75) is 45.1 Å². The lowest BCUT2D eigenvalue weighted by molar-refractivity contribution is 0.485. The Hall–Kier alpha value is -1.88. The molecule has 2 heterocycles. The number of nitrogens with one attached hydrogen (secondary N) is 1. The summed E-state index contributed by atoms with van der Waals surface area (Å²) in [6, 6.07) is 10.8. The largest absolute Gasteiger partial charge is 0.350 e. The summed E-state index contributed by atoms with van der Waals surface area (Å²) in [4.78, 5) is 11.6. The van der Waals surface area contributed by atoms with Gasteiger partial charge in [0.1, 0.15) is 5.01 Å². The van der Waals surface area contributed by atoms with Crippen LogP contribution >= 0.6 is 11.3 Å². The van der Waals surface area contributed by atoms with Gasteiger partial charge < -0.3 is 10.2 Å². The maximum Gasteiger partial charge on any atom is 0.194 e. The van der Waals surface area contributed by atoms with E-state index in [9.17, 15) is 0 Å². The number of nitrogens with zero attached hydrogens (tertiary/aromatic N) is 3. The van der Waals surface area contributed by atoms with E-state index in [-0.39, 0.29) is 5.41 Å². The van der Waals surface area contributed by atoms with Crippen molar-refractivity contribution in [1.29, 1.82) is 0 Å². The predicted molar refractivity (Wildman–Crippen MR) is 106 cm³/mol. The van der Waals surface area contributed by atoms with E-state index in [2.05, 4.69) is 71.7 Å². The molecule has 2 aromatic rings. The van der Waals surface area contributed by atoms with E-state index in [0.29, 0.717) is 5.92 Å². The number of hydrogen-bond acceptors (Lipinski definition) is 3. The van der Waals surface area contributed by atoms with Crippen LogP contribution in [0.15, 0.2) is 40.7 Å². The molecule has 0 radical (unpaired) electrons. The monoisotopic (exact) mass is 356 g/mol. The van der Waals surface area contributed by atoms with E-state index < -0.39 is 0 Å². The summed E-state index contributed by atoms with van der Waals surface area (Å²) in [6.07, 6.45) is 1.18. The smallest absolute Gasteiger partial charge is 0.194 e. The number of hydrogen-bond donors (Lipinski definition) is 1. The third-order valence-corrected chi connectivity index (χ3v) is 5.54. The number of aliphatic imine (C=N–C) groups is 1. The maximum atomic E-state index is 4.76. The number of thiazole rings is 1. The minimum Gasteiger partial charge on any atom is -0.350 e. The van der Waals surface area contributed by atoms with Crippen LogP contribution in [-0.2, 0) is 12.0 Å². The quantitative estimate of drug-likeness (QED) is 0.667. The summed E-state index contributed by atoms with van der Waals surface area (Å²) in [5.41, 5.74) is 2.69. The molecule has 1 atom stereocenters. The number of aromatic nitrogens is 1. The third-order valence-electron chi connectivity index (χ3n) is 4.69. The van der Waals surface area contributed by atoms with E-state index in [1.165, 1.54) is 12.0 Å². The number of rotatable bonds is 3. The summed E-state index contributed by atoms with van der Waals surface area (Å²) >= 11 is 1.72. The fraction of sp³-hybridized carbons (Fsp3) is 0.500. The van der Waals surface area contributed by atoms with Gasteiger partial charge in [0.15, 0.2) is 5.96 Å².